The summed E-state index contributed by atoms with van der Waals surface area (Å²) in [6, 6.07) is 0. The summed E-state index contributed by atoms with van der Waals surface area (Å²) in [7, 11) is 0. The number of carbonyl (C=O) groups excluding carboxylic acids is 7. The monoisotopic (exact) mass is 1260 g/mol. The first-order valence-electron chi connectivity index (χ1n) is 37.4. The fourth-order valence-corrected chi connectivity index (χ4v) is 16.9. The highest BCUT2D eigenvalue weighted by Crippen LogP contribution is 2.60. The molecule has 19 aliphatic rings. The zero-order valence-electron chi connectivity index (χ0n) is 59.8. The second-order valence-corrected chi connectivity index (χ2v) is 24.6. The second-order valence-electron chi connectivity index (χ2n) is 24.6. The molecular weight excluding hydrogens is 1130 g/mol. The Bertz CT molecular complexity index is 1960. The number of hydrogen-bond donors (Lipinski definition) is 0. The van der Waals surface area contributed by atoms with Gasteiger partial charge in [-0.05, 0) is 164 Å². The van der Waals surface area contributed by atoms with Gasteiger partial charge in [-0.25, -0.2) is 0 Å². The van der Waals surface area contributed by atoms with Crippen LogP contribution in [0.3, 0.4) is 0 Å². The van der Waals surface area contributed by atoms with E-state index in [4.69, 9.17) is 37.9 Å². The van der Waals surface area contributed by atoms with E-state index < -0.39 is 0 Å². The minimum Gasteiger partial charge on any atom is -0.465 e. The van der Waals surface area contributed by atoms with Crippen LogP contribution < -0.4 is 0 Å². The lowest BCUT2D eigenvalue weighted by atomic mass is 9.72. The van der Waals surface area contributed by atoms with E-state index in [0.717, 1.165) is 108 Å². The van der Waals surface area contributed by atoms with Crippen LogP contribution in [-0.2, 0) is 71.5 Å². The molecule has 10 saturated heterocycles. The molecule has 0 aromatic heterocycles. The third-order valence-electron chi connectivity index (χ3n) is 20.8. The van der Waals surface area contributed by atoms with Gasteiger partial charge < -0.3 is 37.9 Å². The molecule has 9 saturated carbocycles. The van der Waals surface area contributed by atoms with Crippen molar-refractivity contribution in [2.75, 3.05) is 26.4 Å². The summed E-state index contributed by atoms with van der Waals surface area (Å²) in [6.07, 6.45) is 31.5. The van der Waals surface area contributed by atoms with Crippen LogP contribution in [0.2, 0.25) is 0 Å². The minimum absolute atomic E-state index is 0.00289. The average molecular weight is 1260 g/mol. The molecule has 19 rings (SSSR count). The summed E-state index contributed by atoms with van der Waals surface area (Å²) in [5.41, 5.74) is -0.0266. The van der Waals surface area contributed by atoms with Crippen LogP contribution >= 0.6 is 0 Å². The molecule has 15 unspecified atom stereocenters. The number of rotatable bonds is 0. The summed E-state index contributed by atoms with van der Waals surface area (Å²) in [5.74, 6) is 6.92. The molecule has 89 heavy (non-hydrogen) atoms. The molecule has 19 fully saturated rings. The molecule has 15 nitrogen and oxygen atoms in total. The van der Waals surface area contributed by atoms with Crippen molar-refractivity contribution in [1.29, 1.82) is 0 Å². The number of carbonyl (C=O) groups is 7. The Hall–Kier alpha value is -3.75. The van der Waals surface area contributed by atoms with Crippen molar-refractivity contribution in [3.05, 3.63) is 0 Å². The van der Waals surface area contributed by atoms with Crippen molar-refractivity contribution in [2.24, 2.45) is 75.9 Å². The van der Waals surface area contributed by atoms with Gasteiger partial charge in [0.15, 0.2) is 0 Å². The molecule has 9 aliphatic carbocycles. The van der Waals surface area contributed by atoms with Gasteiger partial charge in [0.2, 0.25) is 0 Å². The highest BCUT2D eigenvalue weighted by molar-refractivity contribution is 5.80. The minimum atomic E-state index is -0.107. The molecule has 0 aromatic carbocycles. The Morgan fingerprint density at radius 3 is 1.46 bits per heavy atom. The van der Waals surface area contributed by atoms with Gasteiger partial charge in [0.1, 0.15) is 30.5 Å². The van der Waals surface area contributed by atoms with E-state index in [0.29, 0.717) is 79.7 Å². The quantitative estimate of drug-likeness (QED) is 0.164. The van der Waals surface area contributed by atoms with E-state index in [1.807, 2.05) is 125 Å². The number of cyclic esters (lactones) is 3. The number of fused-ring (bicyclic) bond motifs is 14. The van der Waals surface area contributed by atoms with Gasteiger partial charge in [0.25, 0.3) is 0 Å². The fraction of sp³-hybridized carbons (Fsp3) is 0.905. The van der Waals surface area contributed by atoms with Crippen molar-refractivity contribution < 1.29 is 71.5 Å². The molecule has 15 atom stereocenters. The summed E-state index contributed by atoms with van der Waals surface area (Å²) < 4.78 is 40.6. The van der Waals surface area contributed by atoms with E-state index in [-0.39, 0.29) is 76.8 Å². The van der Waals surface area contributed by atoms with Gasteiger partial charge in [-0.15, -0.1) is 0 Å². The normalized spacial score (nSPS) is 36.1. The molecule has 10 aliphatic heterocycles. The first-order chi connectivity index (χ1) is 43.4. The first kappa shape index (κ1) is 81.3. The average Bonchev–Trinajstić information content (AvgIpc) is 1.67. The highest BCUT2D eigenvalue weighted by atomic mass is 16.6. The highest BCUT2D eigenvalue weighted by Gasteiger charge is 2.59. The third kappa shape index (κ3) is 21.1. The lowest BCUT2D eigenvalue weighted by Gasteiger charge is -2.34. The van der Waals surface area contributed by atoms with Crippen molar-refractivity contribution in [3.8, 4) is 0 Å². The maximum atomic E-state index is 11.6. The van der Waals surface area contributed by atoms with Gasteiger partial charge in [-0.3, -0.25) is 33.6 Å². The van der Waals surface area contributed by atoms with Gasteiger partial charge >= 0.3 is 41.8 Å². The molecular formula is C74H132O15. The van der Waals surface area contributed by atoms with Crippen LogP contribution in [0.5, 0.6) is 0 Å². The van der Waals surface area contributed by atoms with Crippen LogP contribution in [0.25, 0.3) is 0 Å². The van der Waals surface area contributed by atoms with E-state index in [9.17, 15) is 33.6 Å². The summed E-state index contributed by atoms with van der Waals surface area (Å²) in [6.45, 7) is 38.8. The Morgan fingerprint density at radius 2 is 0.989 bits per heavy atom. The molecule has 518 valence electrons. The standard InChI is InChI=1S/C10H14O2.C9H12O2.C9H14O2.C8H10O2.2C7H10O2.C6H8O3.9C2H6/c11-9-10(3-4-12-9)6-7-1-2-8(10)5-7;10-9-8-6-2-1-5(3-6)7(8)4-11-9;10-8-9(6-7-11-8)4-2-1-3-5-9;9-8-6-2-5-1-4(6)3-7(5)10-8;8-7-5-1-3-6(9-7)4-2-5;8-7-4-5-2-1-3-6(5)9-7;7-6-3-5-4(9-6)1-2-8-5;9*1-2/h7-8H,1-6H2;5-8H,1-4H2;1-7H2;4-7H,1-3H2;2*5-6H,1-4H2;4-5H,1-3H2;9*1-2H3. The molecule has 0 radical (unpaired) electrons. The Balaban J connectivity index is 0.000000340. The van der Waals surface area contributed by atoms with E-state index >= 15 is 0 Å². The maximum Gasteiger partial charge on any atom is 0.312 e. The molecule has 0 N–H and O–H groups in total. The fourth-order valence-electron chi connectivity index (χ4n) is 16.9. The van der Waals surface area contributed by atoms with Gasteiger partial charge in [0.05, 0.1) is 67.9 Å². The Morgan fingerprint density at radius 1 is 0.382 bits per heavy atom. The molecule has 15 heteroatoms. The number of ether oxygens (including phenoxy) is 8. The summed E-state index contributed by atoms with van der Waals surface area (Å²) in [4.78, 5) is 77.2. The van der Waals surface area contributed by atoms with Gasteiger partial charge in [-0.1, -0.05) is 150 Å². The van der Waals surface area contributed by atoms with E-state index in [2.05, 4.69) is 0 Å². The lowest BCUT2D eigenvalue weighted by molar-refractivity contribution is -0.170. The molecule has 10 bridgehead atoms. The van der Waals surface area contributed by atoms with Gasteiger partial charge in [-0.2, -0.15) is 0 Å². The van der Waals surface area contributed by atoms with E-state index in [1.165, 1.54) is 83.5 Å². The largest absolute Gasteiger partial charge is 0.465 e. The van der Waals surface area contributed by atoms with Crippen LogP contribution in [0.1, 0.15) is 298 Å². The second kappa shape index (κ2) is 43.2. The van der Waals surface area contributed by atoms with E-state index in [1.54, 1.807) is 0 Å². The van der Waals surface area contributed by atoms with Gasteiger partial charge in [0, 0.05) is 18.3 Å². The van der Waals surface area contributed by atoms with Crippen molar-refractivity contribution in [3.63, 3.8) is 0 Å². The van der Waals surface area contributed by atoms with Crippen LogP contribution in [0.15, 0.2) is 0 Å². The predicted octanol–water partition coefficient (Wildman–Crippen LogP) is 17.3. The molecule has 0 amide bonds. The van der Waals surface area contributed by atoms with Crippen molar-refractivity contribution in [1.82, 2.24) is 0 Å². The summed E-state index contributed by atoms with van der Waals surface area (Å²) >= 11 is 0. The Kier molecular flexibility index (Phi) is 39.5. The first-order valence-corrected chi connectivity index (χ1v) is 37.4. The Labute approximate surface area is 541 Å². The zero-order chi connectivity index (χ0) is 66.9. The molecule has 2 spiro atoms. The smallest absolute Gasteiger partial charge is 0.312 e. The maximum absolute atomic E-state index is 11.6. The van der Waals surface area contributed by atoms with Crippen LogP contribution in [-0.4, -0.2) is 98.7 Å². The zero-order valence-corrected chi connectivity index (χ0v) is 59.8. The lowest BCUT2D eigenvalue weighted by Crippen LogP contribution is -2.39. The molecule has 10 heterocycles. The third-order valence-corrected chi connectivity index (χ3v) is 20.8. The summed E-state index contributed by atoms with van der Waals surface area (Å²) in [5, 5.41) is 0. The van der Waals surface area contributed by atoms with Crippen LogP contribution in [0.4, 0.5) is 0 Å². The number of esters is 7. The topological polar surface area (TPSA) is 193 Å². The van der Waals surface area contributed by atoms with Crippen molar-refractivity contribution >= 4 is 41.8 Å². The predicted molar refractivity (Wildman–Crippen MR) is 352 cm³/mol. The van der Waals surface area contributed by atoms with Crippen LogP contribution in [0, 0.1) is 75.9 Å². The number of hydrogen-bond acceptors (Lipinski definition) is 15. The van der Waals surface area contributed by atoms with Crippen molar-refractivity contribution in [2.45, 2.75) is 329 Å². The molecule has 0 aromatic rings. The SMILES string of the molecule is CC.CC.CC.CC.CC.CC.CC.CC.CC.O=C1CC2CCCC2O1.O=C1CC2OCCC2O1.O=C1OC2CC3CC2CC13.O=C1OC2CCC1CC2.O=C1OCC2C3CCC(C3)C12.O=C1OCCC12CC1CCC2C1.O=C1OCCC12CCCCC2.